The van der Waals surface area contributed by atoms with Crippen molar-refractivity contribution in [3.05, 3.63) is 104 Å². The van der Waals surface area contributed by atoms with E-state index >= 15 is 0 Å². The third-order valence-electron chi connectivity index (χ3n) is 4.25. The summed E-state index contributed by atoms with van der Waals surface area (Å²) in [5, 5.41) is 13.6. The van der Waals surface area contributed by atoms with E-state index in [0.29, 0.717) is 10.6 Å². The van der Waals surface area contributed by atoms with Gasteiger partial charge in [-0.1, -0.05) is 53.5 Å². The van der Waals surface area contributed by atoms with Crippen molar-refractivity contribution in [3.8, 4) is 0 Å². The van der Waals surface area contributed by atoms with Gasteiger partial charge in [0.2, 0.25) is 0 Å². The van der Waals surface area contributed by atoms with Gasteiger partial charge in [-0.3, -0.25) is 19.7 Å². The van der Waals surface area contributed by atoms with Crippen molar-refractivity contribution in [2.75, 3.05) is 11.9 Å². The minimum absolute atomic E-state index is 0.136. The molecule has 0 saturated heterocycles. The molecule has 162 valence electrons. The number of nitro groups is 1. The van der Waals surface area contributed by atoms with Crippen molar-refractivity contribution < 1.29 is 24.0 Å². The summed E-state index contributed by atoms with van der Waals surface area (Å²) in [4.78, 5) is 47.5. The molecule has 0 heterocycles. The molecule has 0 atom stereocenters. The van der Waals surface area contributed by atoms with E-state index in [2.05, 4.69) is 5.32 Å². The fourth-order valence-corrected chi connectivity index (χ4v) is 3.10. The average molecular weight is 473 g/mol. The minimum Gasteiger partial charge on any atom is -0.452 e. The molecule has 0 radical (unpaired) electrons. The third kappa shape index (κ3) is 5.48. The van der Waals surface area contributed by atoms with Crippen LogP contribution in [0.15, 0.2) is 66.7 Å². The Kier molecular flexibility index (Phi) is 7.19. The second kappa shape index (κ2) is 10.0. The zero-order chi connectivity index (χ0) is 23.3. The number of anilines is 1. The Balaban J connectivity index is 1.71. The molecule has 0 saturated carbocycles. The number of nitro benzene ring substituents is 1. The summed E-state index contributed by atoms with van der Waals surface area (Å²) in [6.07, 6.45) is 0. The lowest BCUT2D eigenvalue weighted by Crippen LogP contribution is -2.22. The number of ether oxygens (including phenoxy) is 1. The molecule has 0 fully saturated rings. The van der Waals surface area contributed by atoms with Crippen LogP contribution in [0.1, 0.15) is 26.3 Å². The second-order valence-corrected chi connectivity index (χ2v) is 7.28. The molecule has 3 rings (SSSR count). The van der Waals surface area contributed by atoms with Gasteiger partial charge < -0.3 is 10.1 Å². The fraction of sp³-hybridized carbons (Fsp3) is 0.0455. The van der Waals surface area contributed by atoms with E-state index in [0.717, 1.165) is 6.07 Å². The Morgan fingerprint density at radius 1 is 0.938 bits per heavy atom. The van der Waals surface area contributed by atoms with Crippen LogP contribution >= 0.6 is 23.2 Å². The van der Waals surface area contributed by atoms with Crippen LogP contribution in [-0.2, 0) is 9.53 Å². The molecular weight excluding hydrogens is 459 g/mol. The first kappa shape index (κ1) is 22.9. The van der Waals surface area contributed by atoms with E-state index in [-0.39, 0.29) is 27.6 Å². The number of amides is 1. The van der Waals surface area contributed by atoms with Crippen LogP contribution in [0, 0.1) is 10.1 Å². The highest BCUT2D eigenvalue weighted by molar-refractivity contribution is 6.32. The number of hydrogen-bond donors (Lipinski definition) is 1. The van der Waals surface area contributed by atoms with Crippen molar-refractivity contribution in [2.24, 2.45) is 0 Å². The van der Waals surface area contributed by atoms with Crippen LogP contribution in [0.5, 0.6) is 0 Å². The lowest BCUT2D eigenvalue weighted by Gasteiger charge is -2.11. The number of benzene rings is 3. The SMILES string of the molecule is O=C(COC(=O)c1ccc(Cl)c([N+](=O)[O-])c1)Nc1ccc(Cl)cc1C(=O)c1ccccc1. The summed E-state index contributed by atoms with van der Waals surface area (Å²) in [5.74, 6) is -2.02. The van der Waals surface area contributed by atoms with Crippen LogP contribution in [0.3, 0.4) is 0 Å². The fourth-order valence-electron chi connectivity index (χ4n) is 2.74. The molecule has 0 aromatic heterocycles. The third-order valence-corrected chi connectivity index (χ3v) is 4.80. The van der Waals surface area contributed by atoms with Gasteiger partial charge in [-0.05, 0) is 30.3 Å². The normalized spacial score (nSPS) is 10.3. The van der Waals surface area contributed by atoms with Crippen LogP contribution in [-0.4, -0.2) is 29.2 Å². The van der Waals surface area contributed by atoms with E-state index < -0.39 is 29.1 Å². The molecule has 32 heavy (non-hydrogen) atoms. The highest BCUT2D eigenvalue weighted by Crippen LogP contribution is 2.26. The zero-order valence-electron chi connectivity index (χ0n) is 16.2. The van der Waals surface area contributed by atoms with Crippen LogP contribution in [0.25, 0.3) is 0 Å². The van der Waals surface area contributed by atoms with Gasteiger partial charge in [0.05, 0.1) is 16.2 Å². The number of esters is 1. The van der Waals surface area contributed by atoms with Gasteiger partial charge in [-0.2, -0.15) is 0 Å². The van der Waals surface area contributed by atoms with Crippen molar-refractivity contribution in [3.63, 3.8) is 0 Å². The summed E-state index contributed by atoms with van der Waals surface area (Å²) in [6.45, 7) is -0.684. The molecule has 0 aliphatic rings. The van der Waals surface area contributed by atoms with Crippen LogP contribution < -0.4 is 5.32 Å². The molecule has 3 aromatic carbocycles. The number of carbonyl (C=O) groups is 3. The van der Waals surface area contributed by atoms with Gasteiger partial charge in [-0.15, -0.1) is 0 Å². The number of halogens is 2. The molecule has 10 heteroatoms. The van der Waals surface area contributed by atoms with Gasteiger partial charge in [0.15, 0.2) is 12.4 Å². The summed E-state index contributed by atoms with van der Waals surface area (Å²) in [7, 11) is 0. The number of hydrogen-bond acceptors (Lipinski definition) is 6. The van der Waals surface area contributed by atoms with E-state index in [1.807, 2.05) is 0 Å². The van der Waals surface area contributed by atoms with Crippen molar-refractivity contribution in [1.29, 1.82) is 0 Å². The quantitative estimate of drug-likeness (QED) is 0.225. The van der Waals surface area contributed by atoms with Gasteiger partial charge in [0.25, 0.3) is 11.6 Å². The van der Waals surface area contributed by atoms with Crippen molar-refractivity contribution >= 4 is 52.2 Å². The number of nitrogens with one attached hydrogen (secondary N) is 1. The first-order valence-electron chi connectivity index (χ1n) is 9.06. The highest BCUT2D eigenvalue weighted by Gasteiger charge is 2.19. The Bertz CT molecular complexity index is 1210. The Hall–Kier alpha value is -3.75. The predicted octanol–water partition coefficient (Wildman–Crippen LogP) is 4.93. The molecule has 0 spiro atoms. The maximum absolute atomic E-state index is 12.8. The first-order chi connectivity index (χ1) is 15.3. The summed E-state index contributed by atoms with van der Waals surface area (Å²) in [5.41, 5.74) is 0.153. The average Bonchev–Trinajstić information content (AvgIpc) is 2.78. The molecule has 0 aliphatic heterocycles. The summed E-state index contributed by atoms with van der Waals surface area (Å²) < 4.78 is 4.92. The van der Waals surface area contributed by atoms with Crippen LogP contribution in [0.2, 0.25) is 10.0 Å². The molecule has 0 aliphatic carbocycles. The highest BCUT2D eigenvalue weighted by atomic mass is 35.5. The molecule has 0 bridgehead atoms. The Morgan fingerprint density at radius 2 is 1.66 bits per heavy atom. The van der Waals surface area contributed by atoms with E-state index in [4.69, 9.17) is 27.9 Å². The second-order valence-electron chi connectivity index (χ2n) is 6.43. The van der Waals surface area contributed by atoms with Gasteiger partial charge >= 0.3 is 5.97 Å². The monoisotopic (exact) mass is 472 g/mol. The zero-order valence-corrected chi connectivity index (χ0v) is 17.7. The number of carbonyl (C=O) groups excluding carboxylic acids is 3. The molecule has 3 aromatic rings. The van der Waals surface area contributed by atoms with Crippen LogP contribution in [0.4, 0.5) is 11.4 Å². The van der Waals surface area contributed by atoms with Crippen molar-refractivity contribution in [2.45, 2.75) is 0 Å². The predicted molar refractivity (Wildman–Crippen MR) is 118 cm³/mol. The largest absolute Gasteiger partial charge is 0.452 e. The lowest BCUT2D eigenvalue weighted by atomic mass is 10.0. The van der Waals surface area contributed by atoms with Gasteiger partial charge in [0.1, 0.15) is 5.02 Å². The Morgan fingerprint density at radius 3 is 2.34 bits per heavy atom. The van der Waals surface area contributed by atoms with E-state index in [9.17, 15) is 24.5 Å². The number of rotatable bonds is 7. The smallest absolute Gasteiger partial charge is 0.338 e. The Labute approximate surface area is 191 Å². The molecule has 1 N–H and O–H groups in total. The maximum atomic E-state index is 12.8. The lowest BCUT2D eigenvalue weighted by molar-refractivity contribution is -0.384. The molecular formula is C22H14Cl2N2O6. The molecule has 0 unspecified atom stereocenters. The van der Waals surface area contributed by atoms with Gasteiger partial charge in [-0.25, -0.2) is 4.79 Å². The van der Waals surface area contributed by atoms with E-state index in [1.165, 1.54) is 30.3 Å². The molecule has 1 amide bonds. The minimum atomic E-state index is -0.948. The summed E-state index contributed by atoms with van der Waals surface area (Å²) in [6, 6.07) is 16.2. The summed E-state index contributed by atoms with van der Waals surface area (Å²) >= 11 is 11.7. The standard InChI is InChI=1S/C22H14Cl2N2O6/c23-15-7-9-18(16(11-15)21(28)13-4-2-1-3-5-13)25-20(27)12-32-22(29)14-6-8-17(24)19(10-14)26(30)31/h1-11H,12H2,(H,25,27). The topological polar surface area (TPSA) is 116 Å². The van der Waals surface area contributed by atoms with Gasteiger partial charge in [0, 0.05) is 22.2 Å². The maximum Gasteiger partial charge on any atom is 0.338 e. The number of ketones is 1. The van der Waals surface area contributed by atoms with E-state index in [1.54, 1.807) is 30.3 Å². The number of nitrogens with zero attached hydrogens (tertiary/aromatic N) is 1. The first-order valence-corrected chi connectivity index (χ1v) is 9.82. The van der Waals surface area contributed by atoms with Crippen molar-refractivity contribution in [1.82, 2.24) is 0 Å². The molecule has 8 nitrogen and oxygen atoms in total.